The summed E-state index contributed by atoms with van der Waals surface area (Å²) in [6.45, 7) is 1.20. The average molecular weight is 321 g/mol. The fourth-order valence-corrected chi connectivity index (χ4v) is 3.33. The fourth-order valence-electron chi connectivity index (χ4n) is 2.59. The Balaban J connectivity index is 2.14. The highest BCUT2D eigenvalue weighted by molar-refractivity contribution is 7.98. The minimum atomic E-state index is -4.53. The lowest BCUT2D eigenvalue weighted by Crippen LogP contribution is -2.41. The van der Waals surface area contributed by atoms with Gasteiger partial charge in [0, 0.05) is 26.2 Å². The molecule has 1 unspecified atom stereocenters. The predicted molar refractivity (Wildman–Crippen MR) is 75.2 cm³/mol. The molecule has 1 saturated heterocycles. The molecule has 118 valence electrons. The van der Waals surface area contributed by atoms with Gasteiger partial charge in [-0.05, 0) is 30.8 Å². The summed E-state index contributed by atoms with van der Waals surface area (Å²) in [7, 11) is 1.37. The average Bonchev–Trinajstić information content (AvgIpc) is 2.81. The number of piperidine rings is 1. The number of hydrogen-bond acceptors (Lipinski definition) is 3. The van der Waals surface area contributed by atoms with Gasteiger partial charge in [0.15, 0.2) is 5.69 Å². The molecule has 1 aliphatic rings. The van der Waals surface area contributed by atoms with E-state index in [2.05, 4.69) is 5.10 Å². The summed E-state index contributed by atoms with van der Waals surface area (Å²) in [6.07, 6.45) is -0.568. The zero-order chi connectivity index (χ0) is 15.6. The molecule has 0 aliphatic carbocycles. The molecular formula is C13H18F3N3OS. The SMILES string of the molecule is CSCC1CCCN(C(=O)c2cc(C(F)(F)F)nn2C)C1. The third-order valence-corrected chi connectivity index (χ3v) is 4.40. The number of hydrogen-bond donors (Lipinski definition) is 0. The van der Waals surface area contributed by atoms with Crippen LogP contribution in [0.1, 0.15) is 29.0 Å². The first-order valence-electron chi connectivity index (χ1n) is 6.72. The molecule has 0 N–H and O–H groups in total. The van der Waals surface area contributed by atoms with Gasteiger partial charge in [-0.3, -0.25) is 9.48 Å². The van der Waals surface area contributed by atoms with E-state index in [-0.39, 0.29) is 11.6 Å². The quantitative estimate of drug-likeness (QED) is 0.859. The van der Waals surface area contributed by atoms with Gasteiger partial charge < -0.3 is 4.90 Å². The van der Waals surface area contributed by atoms with E-state index in [9.17, 15) is 18.0 Å². The summed E-state index contributed by atoms with van der Waals surface area (Å²) in [6, 6.07) is 0.834. The molecule has 0 bridgehead atoms. The Hall–Kier alpha value is -1.18. The maximum absolute atomic E-state index is 12.6. The number of thioether (sulfide) groups is 1. The second-order valence-corrected chi connectivity index (χ2v) is 6.16. The lowest BCUT2D eigenvalue weighted by Gasteiger charge is -2.32. The van der Waals surface area contributed by atoms with Crippen molar-refractivity contribution >= 4 is 17.7 Å². The van der Waals surface area contributed by atoms with Crippen molar-refractivity contribution in [3.05, 3.63) is 17.5 Å². The highest BCUT2D eigenvalue weighted by atomic mass is 32.2. The van der Waals surface area contributed by atoms with Crippen molar-refractivity contribution in [2.24, 2.45) is 13.0 Å². The van der Waals surface area contributed by atoms with E-state index in [1.165, 1.54) is 7.05 Å². The van der Waals surface area contributed by atoms with E-state index in [0.29, 0.717) is 19.0 Å². The normalized spacial score (nSPS) is 19.9. The van der Waals surface area contributed by atoms with Gasteiger partial charge in [0.2, 0.25) is 0 Å². The number of carbonyl (C=O) groups is 1. The van der Waals surface area contributed by atoms with Crippen LogP contribution in [-0.2, 0) is 13.2 Å². The van der Waals surface area contributed by atoms with Crippen LogP contribution in [0.3, 0.4) is 0 Å². The molecule has 1 aliphatic heterocycles. The minimum Gasteiger partial charge on any atom is -0.337 e. The van der Waals surface area contributed by atoms with Crippen molar-refractivity contribution in [2.75, 3.05) is 25.1 Å². The first-order chi connectivity index (χ1) is 9.82. The molecule has 0 aromatic carbocycles. The molecule has 0 radical (unpaired) electrons. The van der Waals surface area contributed by atoms with Gasteiger partial charge in [0.05, 0.1) is 0 Å². The van der Waals surface area contributed by atoms with Gasteiger partial charge in [-0.1, -0.05) is 0 Å². The van der Waals surface area contributed by atoms with Crippen LogP contribution in [-0.4, -0.2) is 45.7 Å². The predicted octanol–water partition coefficient (Wildman–Crippen LogP) is 2.65. The fraction of sp³-hybridized carbons (Fsp3) is 0.692. The van der Waals surface area contributed by atoms with E-state index < -0.39 is 11.9 Å². The number of aromatic nitrogens is 2. The van der Waals surface area contributed by atoms with Gasteiger partial charge in [-0.15, -0.1) is 0 Å². The maximum atomic E-state index is 12.6. The topological polar surface area (TPSA) is 38.1 Å². The van der Waals surface area contributed by atoms with E-state index in [1.54, 1.807) is 16.7 Å². The Morgan fingerprint density at radius 3 is 2.81 bits per heavy atom. The number of likely N-dealkylation sites (tertiary alicyclic amines) is 1. The van der Waals surface area contributed by atoms with Crippen molar-refractivity contribution in [1.82, 2.24) is 14.7 Å². The molecule has 0 saturated carbocycles. The summed E-state index contributed by atoms with van der Waals surface area (Å²) >= 11 is 1.72. The molecule has 2 rings (SSSR count). The Kier molecular flexibility index (Phi) is 4.85. The van der Waals surface area contributed by atoms with E-state index in [1.807, 2.05) is 6.26 Å². The van der Waals surface area contributed by atoms with Crippen LogP contribution in [0.25, 0.3) is 0 Å². The summed E-state index contributed by atoms with van der Waals surface area (Å²) < 4.78 is 39.0. The smallest absolute Gasteiger partial charge is 0.337 e. The monoisotopic (exact) mass is 321 g/mol. The lowest BCUT2D eigenvalue weighted by atomic mass is 10.00. The summed E-state index contributed by atoms with van der Waals surface area (Å²) in [5.41, 5.74) is -1.03. The number of rotatable bonds is 3. The molecule has 1 aromatic rings. The highest BCUT2D eigenvalue weighted by Gasteiger charge is 2.36. The number of nitrogens with zero attached hydrogens (tertiary/aromatic N) is 3. The van der Waals surface area contributed by atoms with Crippen molar-refractivity contribution in [2.45, 2.75) is 19.0 Å². The maximum Gasteiger partial charge on any atom is 0.435 e. The molecule has 1 atom stereocenters. The Morgan fingerprint density at radius 2 is 2.24 bits per heavy atom. The number of alkyl halides is 3. The molecule has 2 heterocycles. The van der Waals surface area contributed by atoms with E-state index in [0.717, 1.165) is 29.3 Å². The zero-order valence-corrected chi connectivity index (χ0v) is 12.8. The van der Waals surface area contributed by atoms with E-state index >= 15 is 0 Å². The number of aryl methyl sites for hydroxylation is 1. The van der Waals surface area contributed by atoms with Gasteiger partial charge >= 0.3 is 6.18 Å². The summed E-state index contributed by atoms with van der Waals surface area (Å²) in [5, 5.41) is 3.39. The van der Waals surface area contributed by atoms with Crippen LogP contribution >= 0.6 is 11.8 Å². The van der Waals surface area contributed by atoms with Crippen LogP contribution in [0, 0.1) is 5.92 Å². The lowest BCUT2D eigenvalue weighted by molar-refractivity contribution is -0.141. The molecule has 8 heteroatoms. The molecule has 0 spiro atoms. The zero-order valence-electron chi connectivity index (χ0n) is 12.0. The highest BCUT2D eigenvalue weighted by Crippen LogP contribution is 2.29. The van der Waals surface area contributed by atoms with Gasteiger partial charge in [-0.25, -0.2) is 0 Å². The van der Waals surface area contributed by atoms with Crippen molar-refractivity contribution < 1.29 is 18.0 Å². The molecule has 21 heavy (non-hydrogen) atoms. The van der Waals surface area contributed by atoms with Crippen LogP contribution in [0.15, 0.2) is 6.07 Å². The van der Waals surface area contributed by atoms with Crippen LogP contribution < -0.4 is 0 Å². The Labute approximate surface area is 125 Å². The Bertz CT molecular complexity index is 513. The first kappa shape index (κ1) is 16.2. The van der Waals surface area contributed by atoms with Gasteiger partial charge in [0.1, 0.15) is 5.69 Å². The van der Waals surface area contributed by atoms with Crippen molar-refractivity contribution in [1.29, 1.82) is 0 Å². The third-order valence-electron chi connectivity index (χ3n) is 3.60. The van der Waals surface area contributed by atoms with Crippen LogP contribution in [0.4, 0.5) is 13.2 Å². The second kappa shape index (κ2) is 6.29. The van der Waals surface area contributed by atoms with Crippen molar-refractivity contribution in [3.63, 3.8) is 0 Å². The molecule has 1 fully saturated rings. The standard InChI is InChI=1S/C13H18F3N3OS/c1-18-10(6-11(17-18)13(14,15)16)12(20)19-5-3-4-9(7-19)8-21-2/h6,9H,3-5,7-8H2,1-2H3. The molecule has 4 nitrogen and oxygen atoms in total. The summed E-state index contributed by atoms with van der Waals surface area (Å²) in [5.74, 6) is 1.00. The van der Waals surface area contributed by atoms with Gasteiger partial charge in [0.25, 0.3) is 5.91 Å². The largest absolute Gasteiger partial charge is 0.435 e. The third kappa shape index (κ3) is 3.72. The Morgan fingerprint density at radius 1 is 1.52 bits per heavy atom. The van der Waals surface area contributed by atoms with Crippen molar-refractivity contribution in [3.8, 4) is 0 Å². The number of carbonyl (C=O) groups excluding carboxylic acids is 1. The minimum absolute atomic E-state index is 0.00729. The number of amides is 1. The first-order valence-corrected chi connectivity index (χ1v) is 8.11. The van der Waals surface area contributed by atoms with Crippen LogP contribution in [0.5, 0.6) is 0 Å². The summed E-state index contributed by atoms with van der Waals surface area (Å²) in [4.78, 5) is 14.0. The number of halogens is 3. The van der Waals surface area contributed by atoms with E-state index in [4.69, 9.17) is 0 Å². The van der Waals surface area contributed by atoms with Gasteiger partial charge in [-0.2, -0.15) is 30.0 Å². The second-order valence-electron chi connectivity index (χ2n) is 5.25. The van der Waals surface area contributed by atoms with Crippen LogP contribution in [0.2, 0.25) is 0 Å². The molecule has 1 amide bonds. The molecule has 1 aromatic heterocycles. The molecular weight excluding hydrogens is 303 g/mol.